The molecule has 0 bridgehead atoms. The van der Waals surface area contributed by atoms with Crippen molar-refractivity contribution in [1.82, 2.24) is 9.80 Å². The van der Waals surface area contributed by atoms with E-state index in [1.165, 1.54) is 0 Å². The Balaban J connectivity index is 0. The third-order valence-electron chi connectivity index (χ3n) is 2.17. The van der Waals surface area contributed by atoms with E-state index in [1.54, 1.807) is 23.6 Å². The lowest BCUT2D eigenvalue weighted by molar-refractivity contribution is -0.137. The van der Waals surface area contributed by atoms with Crippen LogP contribution in [0.3, 0.4) is 0 Å². The quantitative estimate of drug-likeness (QED) is 0.636. The average Bonchev–Trinajstić information content (AvgIpc) is 2.34. The molecule has 1 aliphatic rings. The van der Waals surface area contributed by atoms with E-state index in [-0.39, 0.29) is 11.8 Å². The minimum absolute atomic E-state index is 0.0956. The molecular formula is C12H26N2O2. The van der Waals surface area contributed by atoms with Crippen LogP contribution >= 0.6 is 0 Å². The summed E-state index contributed by atoms with van der Waals surface area (Å²) in [5.74, 6) is 0.191. The average molecular weight is 230 g/mol. The lowest BCUT2D eigenvalue weighted by atomic mass is 10.3. The minimum Gasteiger partial charge on any atom is -0.339 e. The van der Waals surface area contributed by atoms with Gasteiger partial charge in [-0.05, 0) is 0 Å². The summed E-state index contributed by atoms with van der Waals surface area (Å²) >= 11 is 0. The number of carbonyl (C=O) groups excluding carboxylic acids is 2. The van der Waals surface area contributed by atoms with E-state index in [2.05, 4.69) is 0 Å². The molecule has 0 spiro atoms. The Morgan fingerprint density at radius 2 is 0.875 bits per heavy atom. The van der Waals surface area contributed by atoms with E-state index in [0.29, 0.717) is 26.2 Å². The summed E-state index contributed by atoms with van der Waals surface area (Å²) in [6, 6.07) is 0. The zero-order chi connectivity index (χ0) is 13.1. The summed E-state index contributed by atoms with van der Waals surface area (Å²) in [7, 11) is 0. The Kier molecular flexibility index (Phi) is 11.3. The lowest BCUT2D eigenvalue weighted by Gasteiger charge is -2.33. The first kappa shape index (κ1) is 17.3. The highest BCUT2D eigenvalue weighted by Gasteiger charge is 2.19. The highest BCUT2D eigenvalue weighted by Crippen LogP contribution is 2.01. The highest BCUT2D eigenvalue weighted by atomic mass is 16.2. The van der Waals surface area contributed by atoms with E-state index in [9.17, 15) is 9.59 Å². The fraction of sp³-hybridized carbons (Fsp3) is 0.833. The smallest absolute Gasteiger partial charge is 0.219 e. The maximum atomic E-state index is 10.9. The van der Waals surface area contributed by atoms with Crippen LogP contribution in [0.1, 0.15) is 41.5 Å². The van der Waals surface area contributed by atoms with Gasteiger partial charge in [0.2, 0.25) is 11.8 Å². The Morgan fingerprint density at radius 1 is 0.688 bits per heavy atom. The van der Waals surface area contributed by atoms with E-state index in [0.717, 1.165) is 0 Å². The van der Waals surface area contributed by atoms with Crippen molar-refractivity contribution in [2.45, 2.75) is 41.5 Å². The molecule has 0 aromatic carbocycles. The molecule has 16 heavy (non-hydrogen) atoms. The predicted molar refractivity (Wildman–Crippen MR) is 67.2 cm³/mol. The topological polar surface area (TPSA) is 40.6 Å². The summed E-state index contributed by atoms with van der Waals surface area (Å²) in [6.07, 6.45) is 0. The molecule has 1 saturated heterocycles. The Labute approximate surface area is 99.6 Å². The number of hydrogen-bond acceptors (Lipinski definition) is 2. The van der Waals surface area contributed by atoms with Crippen molar-refractivity contribution in [2.75, 3.05) is 26.2 Å². The molecule has 2 amide bonds. The van der Waals surface area contributed by atoms with E-state index in [4.69, 9.17) is 0 Å². The van der Waals surface area contributed by atoms with Gasteiger partial charge in [0, 0.05) is 40.0 Å². The normalized spacial score (nSPS) is 14.1. The number of carbonyl (C=O) groups is 2. The fourth-order valence-electron chi connectivity index (χ4n) is 1.34. The molecule has 0 saturated carbocycles. The second kappa shape index (κ2) is 10.5. The zero-order valence-corrected chi connectivity index (χ0v) is 11.5. The summed E-state index contributed by atoms with van der Waals surface area (Å²) in [6.45, 7) is 13.8. The fourth-order valence-corrected chi connectivity index (χ4v) is 1.34. The van der Waals surface area contributed by atoms with Crippen molar-refractivity contribution >= 4 is 11.8 Å². The van der Waals surface area contributed by atoms with Crippen LogP contribution in [0, 0.1) is 0 Å². The van der Waals surface area contributed by atoms with E-state index >= 15 is 0 Å². The van der Waals surface area contributed by atoms with Crippen LogP contribution in [0.15, 0.2) is 0 Å². The molecule has 0 unspecified atom stereocenters. The standard InChI is InChI=1S/C8H14N2O2.2C2H6/c1-7(11)9-3-5-10(6-4-9)8(2)12;2*1-2/h3-6H2,1-2H3;2*1-2H3. The zero-order valence-electron chi connectivity index (χ0n) is 11.5. The first-order valence-electron chi connectivity index (χ1n) is 6.12. The van der Waals surface area contributed by atoms with Gasteiger partial charge in [-0.1, -0.05) is 27.7 Å². The molecule has 4 nitrogen and oxygen atoms in total. The van der Waals surface area contributed by atoms with Crippen LogP contribution in [0.25, 0.3) is 0 Å². The Bertz CT molecular complexity index is 175. The van der Waals surface area contributed by atoms with Crippen LogP contribution < -0.4 is 0 Å². The van der Waals surface area contributed by atoms with E-state index in [1.807, 2.05) is 27.7 Å². The molecule has 96 valence electrons. The number of hydrogen-bond donors (Lipinski definition) is 0. The summed E-state index contributed by atoms with van der Waals surface area (Å²) < 4.78 is 0. The minimum atomic E-state index is 0.0956. The molecule has 0 aromatic heterocycles. The van der Waals surface area contributed by atoms with Crippen molar-refractivity contribution in [3.63, 3.8) is 0 Å². The van der Waals surface area contributed by atoms with Crippen molar-refractivity contribution in [3.05, 3.63) is 0 Å². The van der Waals surface area contributed by atoms with Gasteiger partial charge >= 0.3 is 0 Å². The number of rotatable bonds is 0. The largest absolute Gasteiger partial charge is 0.339 e. The van der Waals surface area contributed by atoms with Crippen LogP contribution in [0.5, 0.6) is 0 Å². The Hall–Kier alpha value is -1.06. The monoisotopic (exact) mass is 230 g/mol. The highest BCUT2D eigenvalue weighted by molar-refractivity contribution is 5.75. The van der Waals surface area contributed by atoms with Gasteiger partial charge in [0.15, 0.2) is 0 Å². The number of nitrogens with zero attached hydrogens (tertiary/aromatic N) is 2. The molecule has 1 fully saturated rings. The summed E-state index contributed by atoms with van der Waals surface area (Å²) in [5, 5.41) is 0. The molecule has 0 radical (unpaired) electrons. The molecule has 0 N–H and O–H groups in total. The van der Waals surface area contributed by atoms with Crippen molar-refractivity contribution < 1.29 is 9.59 Å². The van der Waals surface area contributed by atoms with Crippen LogP contribution in [-0.4, -0.2) is 47.8 Å². The molecule has 1 aliphatic heterocycles. The van der Waals surface area contributed by atoms with Crippen molar-refractivity contribution in [3.8, 4) is 0 Å². The predicted octanol–water partition coefficient (Wildman–Crippen LogP) is 1.75. The molecule has 4 heteroatoms. The molecule has 1 heterocycles. The van der Waals surface area contributed by atoms with Crippen molar-refractivity contribution in [2.24, 2.45) is 0 Å². The van der Waals surface area contributed by atoms with Gasteiger partial charge in [-0.15, -0.1) is 0 Å². The van der Waals surface area contributed by atoms with Crippen LogP contribution in [0.4, 0.5) is 0 Å². The van der Waals surface area contributed by atoms with Gasteiger partial charge in [-0.2, -0.15) is 0 Å². The number of piperazine rings is 1. The van der Waals surface area contributed by atoms with Gasteiger partial charge < -0.3 is 9.80 Å². The molecule has 0 atom stereocenters. The van der Waals surface area contributed by atoms with Gasteiger partial charge in [0.1, 0.15) is 0 Å². The Morgan fingerprint density at radius 3 is 1.00 bits per heavy atom. The van der Waals surface area contributed by atoms with Gasteiger partial charge in [-0.3, -0.25) is 9.59 Å². The van der Waals surface area contributed by atoms with Gasteiger partial charge in [-0.25, -0.2) is 0 Å². The lowest BCUT2D eigenvalue weighted by Crippen LogP contribution is -2.49. The molecule has 0 aliphatic carbocycles. The summed E-state index contributed by atoms with van der Waals surface area (Å²) in [5.41, 5.74) is 0. The first-order chi connectivity index (χ1) is 7.61. The van der Waals surface area contributed by atoms with Crippen LogP contribution in [0.2, 0.25) is 0 Å². The molecular weight excluding hydrogens is 204 g/mol. The molecule has 1 rings (SSSR count). The van der Waals surface area contributed by atoms with E-state index < -0.39 is 0 Å². The third-order valence-corrected chi connectivity index (χ3v) is 2.17. The van der Waals surface area contributed by atoms with Crippen molar-refractivity contribution in [1.29, 1.82) is 0 Å². The SMILES string of the molecule is CC.CC.CC(=O)N1CCN(C(C)=O)CC1. The molecule has 0 aromatic rings. The second-order valence-electron chi connectivity index (χ2n) is 3.01. The van der Waals surface area contributed by atoms with Gasteiger partial charge in [0.05, 0.1) is 0 Å². The second-order valence-corrected chi connectivity index (χ2v) is 3.01. The maximum absolute atomic E-state index is 10.9. The first-order valence-corrected chi connectivity index (χ1v) is 6.12. The third kappa shape index (κ3) is 6.43. The summed E-state index contributed by atoms with van der Waals surface area (Å²) in [4.78, 5) is 25.3. The van der Waals surface area contributed by atoms with Gasteiger partial charge in [0.25, 0.3) is 0 Å². The number of amides is 2. The maximum Gasteiger partial charge on any atom is 0.219 e. The van der Waals surface area contributed by atoms with Crippen LogP contribution in [-0.2, 0) is 9.59 Å².